The number of nitro groups is 1. The third kappa shape index (κ3) is 2.55. The number of aliphatic hydroxyl groups is 1. The lowest BCUT2D eigenvalue weighted by molar-refractivity contribution is -0.385. The van der Waals surface area contributed by atoms with E-state index >= 15 is 0 Å². The van der Waals surface area contributed by atoms with Crippen molar-refractivity contribution < 1.29 is 19.2 Å². The van der Waals surface area contributed by atoms with Crippen molar-refractivity contribution in [2.45, 2.75) is 6.42 Å². The lowest BCUT2D eigenvalue weighted by Crippen LogP contribution is -2.29. The van der Waals surface area contributed by atoms with Gasteiger partial charge in [0.1, 0.15) is 5.56 Å². The van der Waals surface area contributed by atoms with E-state index in [4.69, 9.17) is 10.8 Å². The summed E-state index contributed by atoms with van der Waals surface area (Å²) in [6.07, 6.45) is 0.632. The molecule has 1 heterocycles. The average Bonchev–Trinajstić information content (AvgIpc) is 2.89. The minimum absolute atomic E-state index is 0.0317. The maximum Gasteiger partial charge on any atom is 0.285 e. The van der Waals surface area contributed by atoms with Gasteiger partial charge in [0.15, 0.2) is 5.82 Å². The van der Waals surface area contributed by atoms with Crippen LogP contribution >= 0.6 is 0 Å². The van der Waals surface area contributed by atoms with Crippen LogP contribution in [-0.2, 0) is 0 Å². The Labute approximate surface area is 113 Å². The lowest BCUT2D eigenvalue weighted by atomic mass is 10.1. The summed E-state index contributed by atoms with van der Waals surface area (Å²) in [5.74, 6) is -1.53. The van der Waals surface area contributed by atoms with Crippen LogP contribution in [0.15, 0.2) is 12.1 Å². The second kappa shape index (κ2) is 5.41. The van der Waals surface area contributed by atoms with Gasteiger partial charge in [0.05, 0.1) is 16.7 Å². The largest absolute Gasteiger partial charge is 0.396 e. The molecule has 1 aliphatic rings. The fraction of sp³-hybridized carbons (Fsp3) is 0.417. The van der Waals surface area contributed by atoms with E-state index in [-0.39, 0.29) is 23.8 Å². The third-order valence-corrected chi connectivity index (χ3v) is 3.37. The van der Waals surface area contributed by atoms with Crippen LogP contribution in [0.5, 0.6) is 0 Å². The zero-order valence-electron chi connectivity index (χ0n) is 10.6. The summed E-state index contributed by atoms with van der Waals surface area (Å²) in [5, 5.41) is 20.0. The van der Waals surface area contributed by atoms with Crippen LogP contribution in [-0.4, -0.2) is 40.5 Å². The second-order valence-electron chi connectivity index (χ2n) is 4.74. The third-order valence-electron chi connectivity index (χ3n) is 3.37. The molecule has 1 saturated heterocycles. The minimum Gasteiger partial charge on any atom is -0.396 e. The molecular formula is C12H14FN3O4. The lowest BCUT2D eigenvalue weighted by Gasteiger charge is -2.16. The molecule has 0 aliphatic carbocycles. The van der Waals surface area contributed by atoms with Crippen molar-refractivity contribution in [3.05, 3.63) is 33.6 Å². The Morgan fingerprint density at radius 2 is 2.30 bits per heavy atom. The summed E-state index contributed by atoms with van der Waals surface area (Å²) in [7, 11) is 0. The molecule has 0 bridgehead atoms. The summed E-state index contributed by atoms with van der Waals surface area (Å²) in [5.41, 5.74) is 4.23. The summed E-state index contributed by atoms with van der Waals surface area (Å²) in [6, 6.07) is 1.64. The number of nitrogens with two attached hydrogens (primary N) is 1. The van der Waals surface area contributed by atoms with Gasteiger partial charge in [-0.25, -0.2) is 4.39 Å². The number of benzene rings is 1. The van der Waals surface area contributed by atoms with E-state index < -0.39 is 22.3 Å². The Balaban J connectivity index is 2.34. The molecule has 108 valence electrons. The van der Waals surface area contributed by atoms with Crippen molar-refractivity contribution in [3.8, 4) is 0 Å². The molecule has 0 spiro atoms. The smallest absolute Gasteiger partial charge is 0.285 e. The van der Waals surface area contributed by atoms with Gasteiger partial charge >= 0.3 is 0 Å². The van der Waals surface area contributed by atoms with E-state index in [1.54, 1.807) is 0 Å². The molecule has 1 aromatic carbocycles. The van der Waals surface area contributed by atoms with Crippen LogP contribution < -0.4 is 5.73 Å². The van der Waals surface area contributed by atoms with Crippen LogP contribution in [0.1, 0.15) is 16.8 Å². The maximum atomic E-state index is 13.3. The molecule has 20 heavy (non-hydrogen) atoms. The number of nitrogen functional groups attached to an aromatic ring is 1. The quantitative estimate of drug-likeness (QED) is 0.483. The zero-order chi connectivity index (χ0) is 14.9. The maximum absolute atomic E-state index is 13.3. The number of nitrogens with zero attached hydrogens (tertiary/aromatic N) is 2. The minimum atomic E-state index is -0.928. The number of hydrogen-bond acceptors (Lipinski definition) is 5. The van der Waals surface area contributed by atoms with Gasteiger partial charge in [0, 0.05) is 25.6 Å². The first kappa shape index (κ1) is 14.2. The van der Waals surface area contributed by atoms with E-state index in [0.717, 1.165) is 6.07 Å². The van der Waals surface area contributed by atoms with E-state index in [0.29, 0.717) is 25.6 Å². The average molecular weight is 283 g/mol. The number of carbonyl (C=O) groups excluding carboxylic acids is 1. The van der Waals surface area contributed by atoms with Crippen molar-refractivity contribution >= 4 is 17.3 Å². The number of halogens is 1. The van der Waals surface area contributed by atoms with E-state index in [1.165, 1.54) is 4.90 Å². The fourth-order valence-electron chi connectivity index (χ4n) is 2.24. The van der Waals surface area contributed by atoms with Crippen molar-refractivity contribution in [2.75, 3.05) is 25.4 Å². The molecule has 7 nitrogen and oxygen atoms in total. The number of nitro benzene ring substituents is 1. The number of rotatable bonds is 3. The Hall–Kier alpha value is -2.22. The van der Waals surface area contributed by atoms with Crippen molar-refractivity contribution in [2.24, 2.45) is 5.92 Å². The van der Waals surface area contributed by atoms with Gasteiger partial charge in [-0.05, 0) is 12.5 Å². The molecule has 3 N–H and O–H groups in total. The Morgan fingerprint density at radius 1 is 1.60 bits per heavy atom. The molecule has 1 amide bonds. The number of carbonyl (C=O) groups is 1. The first-order valence-electron chi connectivity index (χ1n) is 6.07. The van der Waals surface area contributed by atoms with Gasteiger partial charge < -0.3 is 15.7 Å². The molecular weight excluding hydrogens is 269 g/mol. The SMILES string of the molecule is Nc1cc(C(=O)N2CCC(CO)C2)c([N+](=O)[O-])cc1F. The molecule has 0 saturated carbocycles. The summed E-state index contributed by atoms with van der Waals surface area (Å²) < 4.78 is 13.3. The van der Waals surface area contributed by atoms with E-state index in [9.17, 15) is 19.3 Å². The number of hydrogen-bond donors (Lipinski definition) is 2. The van der Waals surface area contributed by atoms with Crippen LogP contribution in [0, 0.1) is 21.8 Å². The van der Waals surface area contributed by atoms with Gasteiger partial charge in [0.25, 0.3) is 11.6 Å². The van der Waals surface area contributed by atoms with Gasteiger partial charge in [-0.15, -0.1) is 0 Å². The first-order chi connectivity index (χ1) is 9.43. The normalized spacial score (nSPS) is 18.3. The summed E-state index contributed by atoms with van der Waals surface area (Å²) >= 11 is 0. The van der Waals surface area contributed by atoms with Crippen LogP contribution in [0.25, 0.3) is 0 Å². The molecule has 0 radical (unpaired) electrons. The van der Waals surface area contributed by atoms with Crippen LogP contribution in [0.2, 0.25) is 0 Å². The first-order valence-corrected chi connectivity index (χ1v) is 6.07. The standard InChI is InChI=1S/C12H14FN3O4/c13-9-4-11(16(19)20)8(3-10(9)14)12(18)15-2-1-7(5-15)6-17/h3-4,7,17H,1-2,5-6,14H2. The predicted octanol–water partition coefficient (Wildman–Crippen LogP) is 0.771. The molecule has 8 heteroatoms. The van der Waals surface area contributed by atoms with Gasteiger partial charge in [0.2, 0.25) is 0 Å². The number of likely N-dealkylation sites (tertiary alicyclic amines) is 1. The highest BCUT2D eigenvalue weighted by Crippen LogP contribution is 2.27. The monoisotopic (exact) mass is 283 g/mol. The molecule has 1 aliphatic heterocycles. The highest BCUT2D eigenvalue weighted by atomic mass is 19.1. The topological polar surface area (TPSA) is 110 Å². The number of anilines is 1. The van der Waals surface area contributed by atoms with E-state index in [2.05, 4.69) is 0 Å². The zero-order valence-corrected chi connectivity index (χ0v) is 10.6. The van der Waals surface area contributed by atoms with Gasteiger partial charge in [-0.3, -0.25) is 14.9 Å². The van der Waals surface area contributed by atoms with Gasteiger partial charge in [-0.2, -0.15) is 0 Å². The summed E-state index contributed by atoms with van der Waals surface area (Å²) in [6.45, 7) is 0.680. The van der Waals surface area contributed by atoms with Crippen molar-refractivity contribution in [3.63, 3.8) is 0 Å². The van der Waals surface area contributed by atoms with E-state index in [1.807, 2.05) is 0 Å². The van der Waals surface area contributed by atoms with Gasteiger partial charge in [-0.1, -0.05) is 0 Å². The molecule has 0 aromatic heterocycles. The van der Waals surface area contributed by atoms with Crippen molar-refractivity contribution in [1.29, 1.82) is 0 Å². The Kier molecular flexibility index (Phi) is 3.84. The Morgan fingerprint density at radius 3 is 2.85 bits per heavy atom. The number of aliphatic hydroxyl groups excluding tert-OH is 1. The second-order valence-corrected chi connectivity index (χ2v) is 4.74. The molecule has 1 fully saturated rings. The highest BCUT2D eigenvalue weighted by Gasteiger charge is 2.31. The highest BCUT2D eigenvalue weighted by molar-refractivity contribution is 5.99. The molecule has 1 atom stereocenters. The Bertz CT molecular complexity index is 564. The van der Waals surface area contributed by atoms with Crippen molar-refractivity contribution in [1.82, 2.24) is 4.90 Å². The summed E-state index contributed by atoms with van der Waals surface area (Å²) in [4.78, 5) is 23.8. The number of amides is 1. The molecule has 2 rings (SSSR count). The molecule has 1 unspecified atom stereocenters. The van der Waals surface area contributed by atoms with Crippen LogP contribution in [0.3, 0.4) is 0 Å². The predicted molar refractivity (Wildman–Crippen MR) is 68.6 cm³/mol. The molecule has 1 aromatic rings. The van der Waals surface area contributed by atoms with Crippen LogP contribution in [0.4, 0.5) is 15.8 Å². The fourth-order valence-corrected chi connectivity index (χ4v) is 2.24.